The maximum Gasteiger partial charge on any atom is 0.238 e. The molecule has 0 saturated heterocycles. The van der Waals surface area contributed by atoms with Crippen LogP contribution in [0.5, 0.6) is 0 Å². The summed E-state index contributed by atoms with van der Waals surface area (Å²) in [6, 6.07) is 51.6. The second-order valence-electron chi connectivity index (χ2n) is 11.3. The summed E-state index contributed by atoms with van der Waals surface area (Å²) >= 11 is 0. The van der Waals surface area contributed by atoms with E-state index >= 15 is 0 Å². The molecule has 0 bridgehead atoms. The van der Waals surface area contributed by atoms with Crippen molar-refractivity contribution in [3.8, 4) is 40.5 Å². The lowest BCUT2D eigenvalue weighted by molar-refractivity contribution is 0.953. The van der Waals surface area contributed by atoms with Gasteiger partial charge in [0.05, 0.1) is 33.7 Å². The molecule has 0 aliphatic heterocycles. The maximum atomic E-state index is 9.89. The Labute approximate surface area is 264 Å². The standard InChI is InChI=1S/C40H24N6/c41-25-26-19-21-32-33-22-20-29(45-34-17-9-7-15-30(34)31-16-8-10-18-35(31)45)24-37(33)46(36(32)23-26)40-43-38(27-11-3-1-4-12-27)42-39(44-40)28-13-5-2-6-14-28/h1-24H. The number of nitrogens with zero attached hydrogens (tertiary/aromatic N) is 6. The Morgan fingerprint density at radius 3 is 1.52 bits per heavy atom. The van der Waals surface area contributed by atoms with Crippen LogP contribution in [0.2, 0.25) is 0 Å². The molecule has 0 N–H and O–H groups in total. The van der Waals surface area contributed by atoms with Crippen LogP contribution >= 0.6 is 0 Å². The van der Waals surface area contributed by atoms with E-state index in [1.165, 1.54) is 10.8 Å². The van der Waals surface area contributed by atoms with Crippen molar-refractivity contribution in [3.05, 3.63) is 151 Å². The van der Waals surface area contributed by atoms with Gasteiger partial charge in [-0.15, -0.1) is 0 Å². The van der Waals surface area contributed by atoms with E-state index in [0.717, 1.165) is 49.7 Å². The molecular weight excluding hydrogens is 564 g/mol. The van der Waals surface area contributed by atoms with Crippen LogP contribution in [-0.4, -0.2) is 24.1 Å². The molecule has 0 radical (unpaired) electrons. The summed E-state index contributed by atoms with van der Waals surface area (Å²) in [5.74, 6) is 1.64. The van der Waals surface area contributed by atoms with Crippen LogP contribution in [0.3, 0.4) is 0 Å². The summed E-state index contributed by atoms with van der Waals surface area (Å²) in [6.07, 6.45) is 0. The van der Waals surface area contributed by atoms with Gasteiger partial charge >= 0.3 is 0 Å². The predicted molar refractivity (Wildman–Crippen MR) is 184 cm³/mol. The van der Waals surface area contributed by atoms with Gasteiger partial charge in [0.2, 0.25) is 5.95 Å². The van der Waals surface area contributed by atoms with E-state index in [1.807, 2.05) is 78.9 Å². The van der Waals surface area contributed by atoms with Crippen LogP contribution in [0.25, 0.3) is 78.0 Å². The Morgan fingerprint density at radius 2 is 0.935 bits per heavy atom. The van der Waals surface area contributed by atoms with Gasteiger partial charge in [0, 0.05) is 38.4 Å². The van der Waals surface area contributed by atoms with Crippen LogP contribution < -0.4 is 0 Å². The molecule has 6 heteroatoms. The number of fused-ring (bicyclic) bond motifs is 6. The Morgan fingerprint density at radius 1 is 0.435 bits per heavy atom. The Bertz CT molecular complexity index is 2530. The molecule has 9 aromatic rings. The van der Waals surface area contributed by atoms with Gasteiger partial charge in [-0.3, -0.25) is 4.57 Å². The molecule has 6 aromatic carbocycles. The lowest BCUT2D eigenvalue weighted by Crippen LogP contribution is -2.06. The van der Waals surface area contributed by atoms with Crippen LogP contribution in [0.15, 0.2) is 146 Å². The minimum absolute atomic E-state index is 0.488. The van der Waals surface area contributed by atoms with Gasteiger partial charge in [-0.2, -0.15) is 15.2 Å². The van der Waals surface area contributed by atoms with E-state index in [2.05, 4.69) is 81.9 Å². The van der Waals surface area contributed by atoms with E-state index < -0.39 is 0 Å². The molecule has 0 spiro atoms. The third kappa shape index (κ3) is 4.00. The molecule has 6 nitrogen and oxygen atoms in total. The molecule has 9 rings (SSSR count). The average molecular weight is 589 g/mol. The molecule has 0 atom stereocenters. The van der Waals surface area contributed by atoms with Gasteiger partial charge in [0.25, 0.3) is 0 Å². The number of hydrogen-bond acceptors (Lipinski definition) is 4. The van der Waals surface area contributed by atoms with Gasteiger partial charge in [-0.05, 0) is 36.4 Å². The first-order valence-electron chi connectivity index (χ1n) is 15.1. The summed E-state index contributed by atoms with van der Waals surface area (Å²) in [5.41, 5.74) is 7.45. The monoisotopic (exact) mass is 588 g/mol. The lowest BCUT2D eigenvalue weighted by Gasteiger charge is -2.12. The fourth-order valence-corrected chi connectivity index (χ4v) is 6.53. The third-order valence-corrected chi connectivity index (χ3v) is 8.61. The number of hydrogen-bond donors (Lipinski definition) is 0. The van der Waals surface area contributed by atoms with E-state index in [0.29, 0.717) is 23.2 Å². The van der Waals surface area contributed by atoms with E-state index in [1.54, 1.807) is 0 Å². The minimum atomic E-state index is 0.488. The molecule has 0 aliphatic carbocycles. The summed E-state index contributed by atoms with van der Waals surface area (Å²) in [4.78, 5) is 15.1. The Balaban J connectivity index is 1.38. The van der Waals surface area contributed by atoms with Crippen LogP contribution in [-0.2, 0) is 0 Å². The molecule has 46 heavy (non-hydrogen) atoms. The molecule has 0 amide bonds. The molecule has 0 unspecified atom stereocenters. The molecular formula is C40H24N6. The van der Waals surface area contributed by atoms with E-state index in [4.69, 9.17) is 15.0 Å². The summed E-state index contributed by atoms with van der Waals surface area (Å²) in [6.45, 7) is 0. The predicted octanol–water partition coefficient (Wildman–Crippen LogP) is 9.27. The zero-order valence-electron chi connectivity index (χ0n) is 24.5. The van der Waals surface area contributed by atoms with Gasteiger partial charge in [0.15, 0.2) is 11.6 Å². The highest BCUT2D eigenvalue weighted by molar-refractivity contribution is 6.12. The smallest absolute Gasteiger partial charge is 0.238 e. The van der Waals surface area contributed by atoms with Crippen molar-refractivity contribution in [2.75, 3.05) is 0 Å². The number of para-hydroxylation sites is 2. The van der Waals surface area contributed by atoms with Crippen molar-refractivity contribution in [1.82, 2.24) is 24.1 Å². The normalized spacial score (nSPS) is 11.5. The van der Waals surface area contributed by atoms with E-state index in [9.17, 15) is 5.26 Å². The number of rotatable bonds is 4. The molecule has 3 aromatic heterocycles. The van der Waals surface area contributed by atoms with E-state index in [-0.39, 0.29) is 0 Å². The number of aromatic nitrogens is 5. The molecule has 214 valence electrons. The van der Waals surface area contributed by atoms with Crippen LogP contribution in [0.1, 0.15) is 5.56 Å². The van der Waals surface area contributed by atoms with Gasteiger partial charge in [-0.25, -0.2) is 4.98 Å². The second kappa shape index (κ2) is 10.3. The molecule has 3 heterocycles. The first-order valence-corrected chi connectivity index (χ1v) is 15.1. The van der Waals surface area contributed by atoms with Crippen LogP contribution in [0.4, 0.5) is 0 Å². The van der Waals surface area contributed by atoms with Crippen molar-refractivity contribution in [2.45, 2.75) is 0 Å². The van der Waals surface area contributed by atoms with Crippen LogP contribution in [0, 0.1) is 11.3 Å². The number of nitriles is 1. The average Bonchev–Trinajstić information content (AvgIpc) is 3.64. The second-order valence-corrected chi connectivity index (χ2v) is 11.3. The SMILES string of the molecule is N#Cc1ccc2c3ccc(-n4c5ccccc5c5ccccc54)cc3n(-c3nc(-c4ccccc4)nc(-c4ccccc4)n3)c2c1. The fourth-order valence-electron chi connectivity index (χ4n) is 6.53. The highest BCUT2D eigenvalue weighted by Gasteiger charge is 2.20. The third-order valence-electron chi connectivity index (χ3n) is 8.61. The Kier molecular flexibility index (Phi) is 5.77. The quantitative estimate of drug-likeness (QED) is 0.205. The first-order chi connectivity index (χ1) is 22.8. The van der Waals surface area contributed by atoms with Gasteiger partial charge < -0.3 is 4.57 Å². The van der Waals surface area contributed by atoms with Gasteiger partial charge in [0.1, 0.15) is 0 Å². The molecule has 0 aliphatic rings. The molecule has 0 saturated carbocycles. The van der Waals surface area contributed by atoms with Crippen molar-refractivity contribution < 1.29 is 0 Å². The zero-order chi connectivity index (χ0) is 30.6. The maximum absolute atomic E-state index is 9.89. The highest BCUT2D eigenvalue weighted by Crippen LogP contribution is 2.37. The fraction of sp³-hybridized carbons (Fsp3) is 0. The molecule has 0 fully saturated rings. The highest BCUT2D eigenvalue weighted by atomic mass is 15.2. The summed E-state index contributed by atoms with van der Waals surface area (Å²) in [7, 11) is 0. The summed E-state index contributed by atoms with van der Waals surface area (Å²) in [5, 5.41) is 14.4. The zero-order valence-corrected chi connectivity index (χ0v) is 24.5. The topological polar surface area (TPSA) is 72.3 Å². The lowest BCUT2D eigenvalue weighted by atomic mass is 10.1. The number of benzene rings is 6. The van der Waals surface area contributed by atoms with Crippen molar-refractivity contribution in [3.63, 3.8) is 0 Å². The summed E-state index contributed by atoms with van der Waals surface area (Å²) < 4.78 is 4.38. The largest absolute Gasteiger partial charge is 0.309 e. The van der Waals surface area contributed by atoms with Crippen molar-refractivity contribution in [1.29, 1.82) is 5.26 Å². The Hall–Kier alpha value is -6.58. The van der Waals surface area contributed by atoms with Crippen molar-refractivity contribution in [2.24, 2.45) is 0 Å². The minimum Gasteiger partial charge on any atom is -0.309 e. The van der Waals surface area contributed by atoms with Gasteiger partial charge in [-0.1, -0.05) is 109 Å². The first kappa shape index (κ1) is 25.9. The van der Waals surface area contributed by atoms with Crippen molar-refractivity contribution >= 4 is 43.6 Å².